The molecular weight excluding hydrogens is 856 g/mol. The zero-order valence-electron chi connectivity index (χ0n) is 45.2. The summed E-state index contributed by atoms with van der Waals surface area (Å²) in [6, 6.07) is -1.07. The Morgan fingerprint density at radius 2 is 0.851 bits per heavy atom. The fraction of sp³-hybridized carbons (Fsp3) is 0.947. The van der Waals surface area contributed by atoms with E-state index >= 15 is 0 Å². The zero-order chi connectivity index (χ0) is 49.4. The Labute approximate surface area is 416 Å². The third-order valence-corrected chi connectivity index (χ3v) is 14.6. The largest absolute Gasteiger partial charge is 0.756 e. The van der Waals surface area contributed by atoms with Gasteiger partial charge < -0.3 is 34.0 Å². The Bertz CT molecular complexity index is 1120. The third-order valence-electron chi connectivity index (χ3n) is 13.6. The van der Waals surface area contributed by atoms with Crippen molar-refractivity contribution in [2.24, 2.45) is 0 Å². The van der Waals surface area contributed by atoms with Crippen molar-refractivity contribution in [3.63, 3.8) is 0 Å². The number of phosphoric ester groups is 1. The van der Waals surface area contributed by atoms with Crippen LogP contribution in [0.15, 0.2) is 12.2 Å². The molecule has 4 atom stereocenters. The van der Waals surface area contributed by atoms with E-state index in [0.717, 1.165) is 38.5 Å². The maximum atomic E-state index is 13.0. The van der Waals surface area contributed by atoms with E-state index in [1.54, 1.807) is 0 Å². The Kier molecular flexibility index (Phi) is 48.2. The third kappa shape index (κ3) is 50.0. The van der Waals surface area contributed by atoms with Crippen LogP contribution in [0.4, 0.5) is 0 Å². The number of unbranched alkanes of at least 4 members (excludes halogenated alkanes) is 38. The molecule has 0 aliphatic heterocycles. The number of nitrogens with one attached hydrogen (secondary N) is 1. The van der Waals surface area contributed by atoms with Crippen LogP contribution in [0, 0.1) is 0 Å². The number of aliphatic hydroxyl groups is 2. The minimum Gasteiger partial charge on any atom is -0.756 e. The Morgan fingerprint density at radius 3 is 1.21 bits per heavy atom. The summed E-state index contributed by atoms with van der Waals surface area (Å²) in [7, 11) is 1.14. The highest BCUT2D eigenvalue weighted by Gasteiger charge is 2.29. The number of quaternary nitrogens is 1. The molecule has 3 N–H and O–H groups in total. The van der Waals surface area contributed by atoms with Crippen molar-refractivity contribution in [3.05, 3.63) is 12.2 Å². The molecule has 0 aromatic heterocycles. The highest BCUT2D eigenvalue weighted by atomic mass is 31.2. The number of rotatable bonds is 54. The molecule has 0 bridgehead atoms. The molecule has 0 heterocycles. The van der Waals surface area contributed by atoms with Gasteiger partial charge in [-0.15, -0.1) is 0 Å². The van der Waals surface area contributed by atoms with E-state index in [0.29, 0.717) is 17.4 Å². The second-order valence-electron chi connectivity index (χ2n) is 21.5. The van der Waals surface area contributed by atoms with Crippen molar-refractivity contribution in [1.82, 2.24) is 5.32 Å². The van der Waals surface area contributed by atoms with Gasteiger partial charge >= 0.3 is 0 Å². The summed E-state index contributed by atoms with van der Waals surface area (Å²) in [5.41, 5.74) is 0. The number of amides is 1. The van der Waals surface area contributed by atoms with Gasteiger partial charge in [0.25, 0.3) is 7.82 Å². The van der Waals surface area contributed by atoms with Gasteiger partial charge in [-0.05, 0) is 38.5 Å². The normalized spacial score (nSPS) is 14.4. The number of carbonyl (C=O) groups excluding carboxylic acids is 1. The van der Waals surface area contributed by atoms with Crippen LogP contribution < -0.4 is 10.2 Å². The standard InChI is InChI=1S/C57H115N2O7P/c1-6-8-10-12-14-16-18-20-21-22-23-24-25-26-27-28-29-30-31-32-33-34-35-36-37-38-40-42-44-46-48-50-56(61)58-54(53-66-67(63,64)65-52-51-59(3,4)5)57(62)55(60)49-47-45-43-41-39-19-17-15-13-11-9-7-2/h22-23,54-55,57,60,62H,6-21,24-53H2,1-5H3,(H-,58,61,63,64)/b23-22-. The van der Waals surface area contributed by atoms with Gasteiger partial charge in [-0.3, -0.25) is 9.36 Å². The second kappa shape index (κ2) is 48.8. The van der Waals surface area contributed by atoms with Crippen molar-refractivity contribution in [2.75, 3.05) is 40.9 Å². The number of carbonyl (C=O) groups is 1. The number of likely N-dealkylation sites (N-methyl/N-ethyl adjacent to an activating group) is 1. The minimum absolute atomic E-state index is 0.0376. The van der Waals surface area contributed by atoms with Gasteiger partial charge in [0.2, 0.25) is 5.91 Å². The molecule has 0 aromatic carbocycles. The van der Waals surface area contributed by atoms with Crippen LogP contribution in [0.1, 0.15) is 290 Å². The Balaban J connectivity index is 4.06. The maximum absolute atomic E-state index is 13.0. The monoisotopic (exact) mass is 971 g/mol. The lowest BCUT2D eigenvalue weighted by atomic mass is 9.99. The number of hydrogen-bond donors (Lipinski definition) is 3. The number of phosphoric acid groups is 1. The van der Waals surface area contributed by atoms with E-state index in [9.17, 15) is 24.5 Å². The smallest absolute Gasteiger partial charge is 0.268 e. The number of aliphatic hydroxyl groups excluding tert-OH is 2. The average Bonchev–Trinajstić information content (AvgIpc) is 3.29. The van der Waals surface area contributed by atoms with Gasteiger partial charge in [0.15, 0.2) is 0 Å². The molecule has 0 fully saturated rings. The summed E-state index contributed by atoms with van der Waals surface area (Å²) < 4.78 is 23.3. The minimum atomic E-state index is -4.67. The molecule has 1 amide bonds. The van der Waals surface area contributed by atoms with Crippen molar-refractivity contribution in [2.45, 2.75) is 308 Å². The number of nitrogens with zero attached hydrogens (tertiary/aromatic N) is 1. The maximum Gasteiger partial charge on any atom is 0.268 e. The summed E-state index contributed by atoms with van der Waals surface area (Å²) in [6.45, 7) is 4.47. The SMILES string of the molecule is CCCCCCCCCC/C=C\CCCCCCCCCCCCCCCCCCCCCC(=O)NC(COP(=O)([O-])OCC[N+](C)(C)C)C(O)C(O)CCCCCCCCCCCCCC. The van der Waals surface area contributed by atoms with Gasteiger partial charge in [-0.25, -0.2) is 0 Å². The van der Waals surface area contributed by atoms with Crippen LogP contribution in [-0.4, -0.2) is 79.8 Å². The highest BCUT2D eigenvalue weighted by Crippen LogP contribution is 2.38. The van der Waals surface area contributed by atoms with Crippen molar-refractivity contribution >= 4 is 13.7 Å². The Morgan fingerprint density at radius 1 is 0.522 bits per heavy atom. The highest BCUT2D eigenvalue weighted by molar-refractivity contribution is 7.45. The molecule has 0 spiro atoms. The van der Waals surface area contributed by atoms with Crippen LogP contribution in [0.25, 0.3) is 0 Å². The molecule has 0 aliphatic rings. The summed E-state index contributed by atoms with van der Waals surface area (Å²) in [6.07, 6.45) is 55.7. The quantitative estimate of drug-likeness (QED) is 0.0240. The van der Waals surface area contributed by atoms with E-state index in [-0.39, 0.29) is 18.9 Å². The van der Waals surface area contributed by atoms with E-state index in [4.69, 9.17) is 9.05 Å². The molecule has 0 rings (SSSR count). The lowest BCUT2D eigenvalue weighted by Gasteiger charge is -2.31. The van der Waals surface area contributed by atoms with Gasteiger partial charge in [0.1, 0.15) is 19.3 Å². The molecule has 0 saturated heterocycles. The van der Waals surface area contributed by atoms with Gasteiger partial charge in [-0.2, -0.15) is 0 Å². The molecule has 0 aromatic rings. The van der Waals surface area contributed by atoms with Crippen LogP contribution >= 0.6 is 7.82 Å². The van der Waals surface area contributed by atoms with Crippen molar-refractivity contribution in [1.29, 1.82) is 0 Å². The molecule has 0 saturated carbocycles. The molecular formula is C57H115N2O7P. The molecule has 4 unspecified atom stereocenters. The summed E-state index contributed by atoms with van der Waals surface area (Å²) >= 11 is 0. The van der Waals surface area contributed by atoms with Crippen LogP contribution in [0.3, 0.4) is 0 Å². The van der Waals surface area contributed by atoms with Crippen LogP contribution in [0.2, 0.25) is 0 Å². The predicted octanol–water partition coefficient (Wildman–Crippen LogP) is 15.8. The molecule has 67 heavy (non-hydrogen) atoms. The Hall–Kier alpha value is -0.800. The average molecular weight is 972 g/mol. The topological polar surface area (TPSA) is 128 Å². The van der Waals surface area contributed by atoms with Crippen molar-refractivity contribution < 1.29 is 38.0 Å². The first-order valence-electron chi connectivity index (χ1n) is 29.1. The zero-order valence-corrected chi connectivity index (χ0v) is 46.1. The second-order valence-corrected chi connectivity index (χ2v) is 22.9. The first-order valence-corrected chi connectivity index (χ1v) is 30.6. The van der Waals surface area contributed by atoms with Gasteiger partial charge in [0, 0.05) is 6.42 Å². The summed E-state index contributed by atoms with van der Waals surface area (Å²) in [5, 5.41) is 24.7. The van der Waals surface area contributed by atoms with E-state index in [1.807, 2.05) is 21.1 Å². The van der Waals surface area contributed by atoms with E-state index in [1.165, 1.54) is 225 Å². The fourth-order valence-corrected chi connectivity index (χ4v) is 9.68. The fourth-order valence-electron chi connectivity index (χ4n) is 8.96. The predicted molar refractivity (Wildman–Crippen MR) is 285 cm³/mol. The van der Waals surface area contributed by atoms with Crippen molar-refractivity contribution in [3.8, 4) is 0 Å². The van der Waals surface area contributed by atoms with Gasteiger partial charge in [-0.1, -0.05) is 257 Å². The lowest BCUT2D eigenvalue weighted by Crippen LogP contribution is -2.51. The summed E-state index contributed by atoms with van der Waals surface area (Å²) in [5.74, 6) is -0.273. The first-order chi connectivity index (χ1) is 32.4. The molecule has 0 radical (unpaired) electrons. The number of allylic oxidation sites excluding steroid dienone is 2. The molecule has 9 nitrogen and oxygen atoms in total. The van der Waals surface area contributed by atoms with Crippen LogP contribution in [-0.2, 0) is 18.4 Å². The lowest BCUT2D eigenvalue weighted by molar-refractivity contribution is -0.870. The van der Waals surface area contributed by atoms with Gasteiger partial charge in [0.05, 0.1) is 39.9 Å². The molecule has 10 heteroatoms. The van der Waals surface area contributed by atoms with Crippen LogP contribution in [0.5, 0.6) is 0 Å². The summed E-state index contributed by atoms with van der Waals surface area (Å²) in [4.78, 5) is 25.5. The molecule has 0 aliphatic carbocycles. The number of hydrogen-bond acceptors (Lipinski definition) is 7. The molecule has 400 valence electrons. The van der Waals surface area contributed by atoms with E-state index in [2.05, 4.69) is 31.3 Å². The van der Waals surface area contributed by atoms with E-state index < -0.39 is 32.7 Å². The first kappa shape index (κ1) is 66.2.